The number of nitrogens with one attached hydrogen (secondary N) is 1. The number of rotatable bonds is 7. The summed E-state index contributed by atoms with van der Waals surface area (Å²) in [5.41, 5.74) is 0.320. The van der Waals surface area contributed by atoms with Gasteiger partial charge >= 0.3 is 6.61 Å². The average molecular weight is 371 g/mol. The molecule has 0 atom stereocenters. The second-order valence-corrected chi connectivity index (χ2v) is 5.38. The van der Waals surface area contributed by atoms with E-state index in [1.165, 1.54) is 24.3 Å². The first-order chi connectivity index (χ1) is 11.9. The van der Waals surface area contributed by atoms with E-state index in [0.717, 1.165) is 11.6 Å². The Morgan fingerprint density at radius 2 is 1.92 bits per heavy atom. The summed E-state index contributed by atoms with van der Waals surface area (Å²) in [6.45, 7) is -2.67. The minimum absolute atomic E-state index is 0.0413. The van der Waals surface area contributed by atoms with Crippen molar-refractivity contribution in [3.8, 4) is 5.75 Å². The summed E-state index contributed by atoms with van der Waals surface area (Å²) >= 11 is 5.70. The summed E-state index contributed by atoms with van der Waals surface area (Å²) in [4.78, 5) is 22.4. The molecule has 0 fully saturated rings. The first-order valence-electron chi connectivity index (χ1n) is 7.12. The zero-order chi connectivity index (χ0) is 18.4. The molecule has 0 bridgehead atoms. The lowest BCUT2D eigenvalue weighted by Crippen LogP contribution is -2.26. The van der Waals surface area contributed by atoms with Crippen molar-refractivity contribution in [1.29, 1.82) is 0 Å². The molecule has 9 heteroatoms. The van der Waals surface area contributed by atoms with Crippen LogP contribution in [0.25, 0.3) is 0 Å². The van der Waals surface area contributed by atoms with Crippen molar-refractivity contribution < 1.29 is 23.2 Å². The molecule has 0 aliphatic heterocycles. The van der Waals surface area contributed by atoms with Gasteiger partial charge in [0.2, 0.25) is 0 Å². The van der Waals surface area contributed by atoms with Gasteiger partial charge in [-0.3, -0.25) is 14.9 Å². The van der Waals surface area contributed by atoms with E-state index in [0.29, 0.717) is 6.42 Å². The molecule has 25 heavy (non-hydrogen) atoms. The molecule has 0 aliphatic rings. The number of hydrogen-bond donors (Lipinski definition) is 1. The van der Waals surface area contributed by atoms with Gasteiger partial charge < -0.3 is 10.1 Å². The highest BCUT2D eigenvalue weighted by atomic mass is 35.5. The molecular weight excluding hydrogens is 358 g/mol. The van der Waals surface area contributed by atoms with E-state index in [2.05, 4.69) is 10.1 Å². The van der Waals surface area contributed by atoms with Crippen LogP contribution in [0.5, 0.6) is 5.75 Å². The smallest absolute Gasteiger partial charge is 0.387 e. The first-order valence-corrected chi connectivity index (χ1v) is 7.50. The van der Waals surface area contributed by atoms with Gasteiger partial charge in [-0.2, -0.15) is 8.78 Å². The van der Waals surface area contributed by atoms with Crippen LogP contribution in [0.3, 0.4) is 0 Å². The topological polar surface area (TPSA) is 81.5 Å². The van der Waals surface area contributed by atoms with Crippen LogP contribution in [-0.4, -0.2) is 24.0 Å². The van der Waals surface area contributed by atoms with Gasteiger partial charge in [-0.1, -0.05) is 23.7 Å². The predicted molar refractivity (Wildman–Crippen MR) is 87.2 cm³/mol. The minimum Gasteiger partial charge on any atom is -0.435 e. The van der Waals surface area contributed by atoms with E-state index < -0.39 is 17.4 Å². The number of alkyl halides is 2. The quantitative estimate of drug-likeness (QED) is 0.593. The predicted octanol–water partition coefficient (Wildman–Crippen LogP) is 3.82. The Bertz CT molecular complexity index is 769. The molecule has 1 amide bonds. The third-order valence-electron chi connectivity index (χ3n) is 3.25. The molecule has 1 N–H and O–H groups in total. The van der Waals surface area contributed by atoms with Crippen LogP contribution in [0.1, 0.15) is 15.9 Å². The number of nitrogens with zero attached hydrogens (tertiary/aromatic N) is 1. The second kappa shape index (κ2) is 8.39. The Morgan fingerprint density at radius 1 is 1.24 bits per heavy atom. The lowest BCUT2D eigenvalue weighted by molar-refractivity contribution is -0.385. The molecule has 0 aliphatic carbocycles. The van der Waals surface area contributed by atoms with Crippen molar-refractivity contribution in [2.24, 2.45) is 0 Å². The van der Waals surface area contributed by atoms with Crippen molar-refractivity contribution in [3.63, 3.8) is 0 Å². The SMILES string of the molecule is O=C(NCCc1ccc(OC(F)F)cc1)c1ccc(Cl)cc1[N+](=O)[O-]. The van der Waals surface area contributed by atoms with Crippen molar-refractivity contribution in [1.82, 2.24) is 5.32 Å². The number of hydrogen-bond acceptors (Lipinski definition) is 4. The normalized spacial score (nSPS) is 10.6. The molecule has 2 aromatic rings. The van der Waals surface area contributed by atoms with Gasteiger partial charge in [-0.25, -0.2) is 0 Å². The molecule has 0 saturated heterocycles. The molecule has 0 unspecified atom stereocenters. The molecule has 0 aromatic heterocycles. The largest absolute Gasteiger partial charge is 0.435 e. The van der Waals surface area contributed by atoms with Crippen molar-refractivity contribution in [2.45, 2.75) is 13.0 Å². The van der Waals surface area contributed by atoms with E-state index in [1.54, 1.807) is 12.1 Å². The highest BCUT2D eigenvalue weighted by molar-refractivity contribution is 6.31. The number of carbonyl (C=O) groups excluding carboxylic acids is 1. The Labute approximate surface area is 146 Å². The third kappa shape index (κ3) is 5.39. The Hall–Kier alpha value is -2.74. The summed E-state index contributed by atoms with van der Waals surface area (Å²) in [5, 5.41) is 13.7. The maximum absolute atomic E-state index is 12.1. The number of halogens is 3. The second-order valence-electron chi connectivity index (χ2n) is 4.95. The van der Waals surface area contributed by atoms with E-state index in [9.17, 15) is 23.7 Å². The Kier molecular flexibility index (Phi) is 6.24. The number of nitro benzene ring substituents is 1. The van der Waals surface area contributed by atoms with Gasteiger partial charge in [-0.15, -0.1) is 0 Å². The maximum Gasteiger partial charge on any atom is 0.387 e. The van der Waals surface area contributed by atoms with Gasteiger partial charge in [0.05, 0.1) is 4.92 Å². The van der Waals surface area contributed by atoms with Crippen molar-refractivity contribution >= 4 is 23.2 Å². The van der Waals surface area contributed by atoms with Crippen LogP contribution in [-0.2, 0) is 6.42 Å². The van der Waals surface area contributed by atoms with Crippen LogP contribution in [0.2, 0.25) is 5.02 Å². The molecule has 0 radical (unpaired) electrons. The van der Waals surface area contributed by atoms with Crippen LogP contribution in [0.4, 0.5) is 14.5 Å². The van der Waals surface area contributed by atoms with Crippen molar-refractivity contribution in [2.75, 3.05) is 6.54 Å². The zero-order valence-corrected chi connectivity index (χ0v) is 13.5. The zero-order valence-electron chi connectivity index (χ0n) is 12.7. The summed E-state index contributed by atoms with van der Waals surface area (Å²) in [7, 11) is 0. The lowest BCUT2D eigenvalue weighted by Gasteiger charge is -2.08. The van der Waals surface area contributed by atoms with Gasteiger partial charge in [0, 0.05) is 17.6 Å². The molecule has 0 saturated carbocycles. The number of nitro groups is 1. The molecule has 0 spiro atoms. The molecule has 132 valence electrons. The van der Waals surface area contributed by atoms with Gasteiger partial charge in [0.25, 0.3) is 11.6 Å². The highest BCUT2D eigenvalue weighted by Crippen LogP contribution is 2.23. The van der Waals surface area contributed by atoms with Crippen molar-refractivity contribution in [3.05, 3.63) is 68.7 Å². The minimum atomic E-state index is -2.89. The Balaban J connectivity index is 1.94. The number of amides is 1. The molecule has 0 heterocycles. The maximum atomic E-state index is 12.1. The van der Waals surface area contributed by atoms with Gasteiger partial charge in [-0.05, 0) is 36.2 Å². The summed E-state index contributed by atoms with van der Waals surface area (Å²) in [6.07, 6.45) is 0.419. The molecule has 2 rings (SSSR count). The van der Waals surface area contributed by atoms with Crippen LogP contribution in [0.15, 0.2) is 42.5 Å². The van der Waals surface area contributed by atoms with E-state index >= 15 is 0 Å². The van der Waals surface area contributed by atoms with Crippen LogP contribution in [0, 0.1) is 10.1 Å². The summed E-state index contributed by atoms with van der Waals surface area (Å²) < 4.78 is 28.4. The third-order valence-corrected chi connectivity index (χ3v) is 3.48. The van der Waals surface area contributed by atoms with E-state index in [-0.39, 0.29) is 28.6 Å². The average Bonchev–Trinajstić information content (AvgIpc) is 2.55. The molecule has 2 aromatic carbocycles. The Morgan fingerprint density at radius 3 is 2.52 bits per heavy atom. The molecule has 6 nitrogen and oxygen atoms in total. The highest BCUT2D eigenvalue weighted by Gasteiger charge is 2.20. The van der Waals surface area contributed by atoms with Crippen LogP contribution >= 0.6 is 11.6 Å². The standard InChI is InChI=1S/C16H13ClF2N2O4/c17-11-3-6-13(14(9-11)21(23)24)15(22)20-8-7-10-1-4-12(5-2-10)25-16(18)19/h1-6,9,16H,7-8H2,(H,20,22). The van der Waals surface area contributed by atoms with E-state index in [1.807, 2.05) is 0 Å². The lowest BCUT2D eigenvalue weighted by atomic mass is 10.1. The van der Waals surface area contributed by atoms with Crippen LogP contribution < -0.4 is 10.1 Å². The number of ether oxygens (including phenoxy) is 1. The fourth-order valence-electron chi connectivity index (χ4n) is 2.10. The first kappa shape index (κ1) is 18.6. The monoisotopic (exact) mass is 370 g/mol. The van der Waals surface area contributed by atoms with E-state index in [4.69, 9.17) is 11.6 Å². The van der Waals surface area contributed by atoms with Gasteiger partial charge in [0.1, 0.15) is 11.3 Å². The number of carbonyl (C=O) groups is 1. The van der Waals surface area contributed by atoms with Gasteiger partial charge in [0.15, 0.2) is 0 Å². The summed E-state index contributed by atoms with van der Waals surface area (Å²) in [6, 6.07) is 9.76. The molecular formula is C16H13ClF2N2O4. The number of benzene rings is 2. The fourth-order valence-corrected chi connectivity index (χ4v) is 2.27. The fraction of sp³-hybridized carbons (Fsp3) is 0.188. The summed E-state index contributed by atoms with van der Waals surface area (Å²) in [5.74, 6) is -0.555.